The third-order valence-electron chi connectivity index (χ3n) is 2.54. The van der Waals surface area contributed by atoms with Crippen LogP contribution in [0.5, 0.6) is 0 Å². The Bertz CT molecular complexity index is 676. The van der Waals surface area contributed by atoms with Crippen molar-refractivity contribution in [2.45, 2.75) is 23.5 Å². The summed E-state index contributed by atoms with van der Waals surface area (Å²) >= 11 is 1.25. The fourth-order valence-electron chi connectivity index (χ4n) is 1.55. The van der Waals surface area contributed by atoms with Gasteiger partial charge in [0.1, 0.15) is 0 Å². The van der Waals surface area contributed by atoms with Crippen molar-refractivity contribution in [1.29, 1.82) is 0 Å². The van der Waals surface area contributed by atoms with Crippen LogP contribution in [0.1, 0.15) is 17.3 Å². The van der Waals surface area contributed by atoms with Crippen molar-refractivity contribution >= 4 is 23.4 Å². The van der Waals surface area contributed by atoms with Gasteiger partial charge in [-0.2, -0.15) is 0 Å². The molecule has 1 heterocycles. The first-order chi connectivity index (χ1) is 9.02. The van der Waals surface area contributed by atoms with Gasteiger partial charge >= 0.3 is 5.69 Å². The van der Waals surface area contributed by atoms with Crippen molar-refractivity contribution in [3.63, 3.8) is 0 Å². The van der Waals surface area contributed by atoms with Crippen LogP contribution in [0.4, 0.5) is 5.69 Å². The molecule has 0 atom stereocenters. The summed E-state index contributed by atoms with van der Waals surface area (Å²) in [5, 5.41) is 6.82. The molecule has 0 unspecified atom stereocenters. The van der Waals surface area contributed by atoms with E-state index in [0.717, 1.165) is 0 Å². The minimum Gasteiger partial charge on any atom is -0.398 e. The molecular weight excluding hydrogens is 266 g/mol. The number of aromatic amines is 1. The van der Waals surface area contributed by atoms with Crippen LogP contribution in [0.3, 0.4) is 0 Å². The molecule has 0 spiro atoms. The highest BCUT2D eigenvalue weighted by Crippen LogP contribution is 2.30. The highest BCUT2D eigenvalue weighted by atomic mass is 32.2. The number of aromatic nitrogens is 3. The summed E-state index contributed by atoms with van der Waals surface area (Å²) in [6.45, 7) is 2.36. The number of carbonyl (C=O) groups is 1. The zero-order valence-electron chi connectivity index (χ0n) is 10.2. The van der Waals surface area contributed by atoms with Crippen LogP contribution in [0.25, 0.3) is 0 Å². The molecule has 5 N–H and O–H groups in total. The van der Waals surface area contributed by atoms with Gasteiger partial charge in [-0.25, -0.2) is 9.89 Å². The monoisotopic (exact) mass is 279 g/mol. The number of carbonyl (C=O) groups excluding carboxylic acids is 1. The maximum Gasteiger partial charge on any atom is 0.343 e. The highest BCUT2D eigenvalue weighted by molar-refractivity contribution is 7.99. The number of nitrogens with zero attached hydrogens (tertiary/aromatic N) is 2. The zero-order valence-corrected chi connectivity index (χ0v) is 11.0. The lowest BCUT2D eigenvalue weighted by molar-refractivity contribution is 0.100. The number of benzene rings is 1. The van der Waals surface area contributed by atoms with Crippen molar-refractivity contribution < 1.29 is 4.79 Å². The second-order valence-electron chi connectivity index (χ2n) is 3.77. The Morgan fingerprint density at radius 3 is 2.84 bits per heavy atom. The third-order valence-corrected chi connectivity index (χ3v) is 3.62. The maximum absolute atomic E-state index is 11.4. The normalized spacial score (nSPS) is 10.6. The van der Waals surface area contributed by atoms with Gasteiger partial charge in [-0.3, -0.25) is 9.36 Å². The fourth-order valence-corrected chi connectivity index (χ4v) is 2.48. The lowest BCUT2D eigenvalue weighted by atomic mass is 10.2. The molecule has 7 nitrogen and oxygen atoms in total. The minimum atomic E-state index is -0.534. The molecular formula is C11H13N5O2S. The zero-order chi connectivity index (χ0) is 14.0. The average molecular weight is 279 g/mol. The van der Waals surface area contributed by atoms with Crippen LogP contribution < -0.4 is 17.2 Å². The van der Waals surface area contributed by atoms with Crippen molar-refractivity contribution in [2.24, 2.45) is 5.73 Å². The van der Waals surface area contributed by atoms with E-state index in [1.54, 1.807) is 12.1 Å². The Morgan fingerprint density at radius 1 is 1.53 bits per heavy atom. The Morgan fingerprint density at radius 2 is 2.26 bits per heavy atom. The van der Waals surface area contributed by atoms with E-state index in [0.29, 0.717) is 27.8 Å². The number of hydrogen-bond acceptors (Lipinski definition) is 5. The van der Waals surface area contributed by atoms with Crippen LogP contribution in [0.15, 0.2) is 33.0 Å². The van der Waals surface area contributed by atoms with Gasteiger partial charge in [0.25, 0.3) is 0 Å². The molecule has 2 aromatic rings. The van der Waals surface area contributed by atoms with Crippen molar-refractivity contribution in [1.82, 2.24) is 14.8 Å². The average Bonchev–Trinajstić information content (AvgIpc) is 2.72. The van der Waals surface area contributed by atoms with Gasteiger partial charge in [-0.05, 0) is 36.9 Å². The summed E-state index contributed by atoms with van der Waals surface area (Å²) in [5.41, 5.74) is 11.5. The van der Waals surface area contributed by atoms with Gasteiger partial charge in [-0.15, -0.1) is 5.10 Å². The molecule has 0 saturated heterocycles. The van der Waals surface area contributed by atoms with Gasteiger partial charge in [-0.1, -0.05) is 0 Å². The summed E-state index contributed by atoms with van der Waals surface area (Å²) in [6, 6.07) is 4.77. The summed E-state index contributed by atoms with van der Waals surface area (Å²) < 4.78 is 1.49. The molecule has 0 aliphatic carbocycles. The number of nitrogens with one attached hydrogen (secondary N) is 1. The van der Waals surface area contributed by atoms with Gasteiger partial charge in [0.2, 0.25) is 5.91 Å². The number of anilines is 1. The van der Waals surface area contributed by atoms with Gasteiger partial charge < -0.3 is 11.5 Å². The van der Waals surface area contributed by atoms with Crippen LogP contribution in [0.2, 0.25) is 0 Å². The Hall–Kier alpha value is -2.22. The van der Waals surface area contributed by atoms with E-state index in [4.69, 9.17) is 11.5 Å². The lowest BCUT2D eigenvalue weighted by Gasteiger charge is -2.06. The molecule has 0 aliphatic heterocycles. The standard InChI is InChI=1S/C11H13N5O2S/c1-2-16-10(18)14-15-11(16)19-8-4-3-6(9(13)17)5-7(8)12/h3-5H,2,12H2,1H3,(H2,13,17)(H,14,18). The molecule has 0 saturated carbocycles. The Balaban J connectivity index is 2.33. The van der Waals surface area contributed by atoms with Crippen molar-refractivity contribution in [3.05, 3.63) is 34.2 Å². The molecule has 1 amide bonds. The van der Waals surface area contributed by atoms with Gasteiger partial charge in [0.05, 0.1) is 0 Å². The molecule has 2 rings (SSSR count). The largest absolute Gasteiger partial charge is 0.398 e. The number of rotatable bonds is 4. The predicted molar refractivity (Wildman–Crippen MR) is 72.0 cm³/mol. The van der Waals surface area contributed by atoms with Crippen LogP contribution in [0, 0.1) is 0 Å². The SMILES string of the molecule is CCn1c(Sc2ccc(C(N)=O)cc2N)n[nH]c1=O. The first-order valence-corrected chi connectivity index (χ1v) is 6.37. The first kappa shape index (κ1) is 13.2. The Labute approximate surface area is 113 Å². The second kappa shape index (κ2) is 5.19. The van der Waals surface area contributed by atoms with E-state index in [2.05, 4.69) is 10.2 Å². The molecule has 0 radical (unpaired) electrons. The lowest BCUT2D eigenvalue weighted by Crippen LogP contribution is -2.16. The topological polar surface area (TPSA) is 120 Å². The number of primary amides is 1. The maximum atomic E-state index is 11.4. The second-order valence-corrected chi connectivity index (χ2v) is 4.78. The van der Waals surface area contributed by atoms with Crippen LogP contribution in [-0.2, 0) is 6.54 Å². The number of hydrogen-bond donors (Lipinski definition) is 3. The first-order valence-electron chi connectivity index (χ1n) is 5.55. The third kappa shape index (κ3) is 2.63. The Kier molecular flexibility index (Phi) is 3.61. The fraction of sp³-hybridized carbons (Fsp3) is 0.182. The summed E-state index contributed by atoms with van der Waals surface area (Å²) in [6.07, 6.45) is 0. The molecule has 0 aliphatic rings. The van der Waals surface area contributed by atoms with Crippen molar-refractivity contribution in [3.8, 4) is 0 Å². The van der Waals surface area contributed by atoms with E-state index in [9.17, 15) is 9.59 Å². The van der Waals surface area contributed by atoms with E-state index in [1.165, 1.54) is 22.4 Å². The number of nitrogen functional groups attached to an aromatic ring is 1. The van der Waals surface area contributed by atoms with Gasteiger partial charge in [0, 0.05) is 22.7 Å². The molecule has 0 fully saturated rings. The summed E-state index contributed by atoms with van der Waals surface area (Å²) in [5.74, 6) is -0.534. The minimum absolute atomic E-state index is 0.266. The van der Waals surface area contributed by atoms with Gasteiger partial charge in [0.15, 0.2) is 5.16 Å². The van der Waals surface area contributed by atoms with E-state index in [-0.39, 0.29) is 5.69 Å². The molecule has 0 bridgehead atoms. The molecule has 100 valence electrons. The molecule has 19 heavy (non-hydrogen) atoms. The van der Waals surface area contributed by atoms with E-state index < -0.39 is 5.91 Å². The summed E-state index contributed by atoms with van der Waals surface area (Å²) in [4.78, 5) is 23.2. The molecule has 1 aromatic carbocycles. The number of H-pyrrole nitrogens is 1. The number of amides is 1. The van der Waals surface area contributed by atoms with Crippen LogP contribution >= 0.6 is 11.8 Å². The molecule has 1 aromatic heterocycles. The smallest absolute Gasteiger partial charge is 0.343 e. The van der Waals surface area contributed by atoms with Crippen LogP contribution in [-0.4, -0.2) is 20.7 Å². The molecule has 8 heteroatoms. The predicted octanol–water partition coefficient (Wildman–Crippen LogP) is 0.424. The number of nitrogens with two attached hydrogens (primary N) is 2. The van der Waals surface area contributed by atoms with E-state index >= 15 is 0 Å². The highest BCUT2D eigenvalue weighted by Gasteiger charge is 2.11. The summed E-state index contributed by atoms with van der Waals surface area (Å²) in [7, 11) is 0. The quantitative estimate of drug-likeness (QED) is 0.701. The van der Waals surface area contributed by atoms with Crippen molar-refractivity contribution in [2.75, 3.05) is 5.73 Å². The van der Waals surface area contributed by atoms with E-state index in [1.807, 2.05) is 6.92 Å².